The van der Waals surface area contributed by atoms with Gasteiger partial charge in [-0.1, -0.05) is 30.8 Å². The fourth-order valence-corrected chi connectivity index (χ4v) is 4.33. The minimum atomic E-state index is 0.486. The van der Waals surface area contributed by atoms with E-state index >= 15 is 0 Å². The lowest BCUT2D eigenvalue weighted by molar-refractivity contribution is 0.0669. The zero-order valence-corrected chi connectivity index (χ0v) is 14.2. The van der Waals surface area contributed by atoms with E-state index in [4.69, 9.17) is 9.72 Å². The molecule has 1 fully saturated rings. The maximum Gasteiger partial charge on any atom is 0.191 e. The van der Waals surface area contributed by atoms with Gasteiger partial charge in [0.15, 0.2) is 10.8 Å². The highest BCUT2D eigenvalue weighted by atomic mass is 32.2. The van der Waals surface area contributed by atoms with Crippen LogP contribution in [0.4, 0.5) is 0 Å². The molecule has 1 aliphatic rings. The summed E-state index contributed by atoms with van der Waals surface area (Å²) in [7, 11) is 0. The quantitative estimate of drug-likeness (QED) is 0.544. The standard InChI is InChI=1S/C17H20N4OS/c1-11(13-7-9-22-10-8-13)23-17-19-15-6-4-3-5-14(15)16-18-12(2)20-21(16)17/h3-6,11,13H,7-10H2,1-2H3. The Morgan fingerprint density at radius 3 is 2.83 bits per heavy atom. The maximum absolute atomic E-state index is 5.48. The van der Waals surface area contributed by atoms with Gasteiger partial charge in [0.2, 0.25) is 0 Å². The summed E-state index contributed by atoms with van der Waals surface area (Å²) < 4.78 is 7.38. The third kappa shape index (κ3) is 2.81. The largest absolute Gasteiger partial charge is 0.381 e. The van der Waals surface area contributed by atoms with Crippen molar-refractivity contribution in [2.45, 2.75) is 37.1 Å². The van der Waals surface area contributed by atoms with Gasteiger partial charge >= 0.3 is 0 Å². The molecule has 1 atom stereocenters. The average molecular weight is 328 g/mol. The van der Waals surface area contributed by atoms with E-state index in [1.807, 2.05) is 29.6 Å². The molecule has 1 unspecified atom stereocenters. The molecule has 1 aliphatic heterocycles. The Morgan fingerprint density at radius 2 is 2.00 bits per heavy atom. The van der Waals surface area contributed by atoms with E-state index in [0.29, 0.717) is 11.2 Å². The van der Waals surface area contributed by atoms with Crippen LogP contribution in [-0.2, 0) is 4.74 Å². The summed E-state index contributed by atoms with van der Waals surface area (Å²) in [5, 5.41) is 7.03. The first-order valence-corrected chi connectivity index (χ1v) is 8.97. The smallest absolute Gasteiger partial charge is 0.191 e. The van der Waals surface area contributed by atoms with Crippen molar-refractivity contribution in [3.05, 3.63) is 30.1 Å². The SMILES string of the molecule is Cc1nc2c3ccccc3nc(SC(C)C3CCOCC3)n2n1. The molecule has 2 aromatic heterocycles. The molecule has 23 heavy (non-hydrogen) atoms. The Bertz CT molecular complexity index is 841. The number of hydrogen-bond donors (Lipinski definition) is 0. The number of thioether (sulfide) groups is 1. The minimum absolute atomic E-state index is 0.486. The highest BCUT2D eigenvalue weighted by Gasteiger charge is 2.23. The second-order valence-corrected chi connectivity index (χ2v) is 7.42. The van der Waals surface area contributed by atoms with Gasteiger partial charge in [-0.25, -0.2) is 9.97 Å². The fourth-order valence-electron chi connectivity index (χ4n) is 3.16. The van der Waals surface area contributed by atoms with Gasteiger partial charge in [0.1, 0.15) is 5.82 Å². The zero-order chi connectivity index (χ0) is 15.8. The summed E-state index contributed by atoms with van der Waals surface area (Å²) in [4.78, 5) is 9.44. The monoisotopic (exact) mass is 328 g/mol. The van der Waals surface area contributed by atoms with E-state index in [9.17, 15) is 0 Å². The van der Waals surface area contributed by atoms with E-state index in [-0.39, 0.29) is 0 Å². The zero-order valence-electron chi connectivity index (χ0n) is 13.4. The second-order valence-electron chi connectivity index (χ2n) is 6.08. The third-order valence-corrected chi connectivity index (χ3v) is 5.71. The van der Waals surface area contributed by atoms with Crippen LogP contribution in [0.2, 0.25) is 0 Å². The Balaban J connectivity index is 1.75. The lowest BCUT2D eigenvalue weighted by Gasteiger charge is -2.27. The van der Waals surface area contributed by atoms with E-state index < -0.39 is 0 Å². The Hall–Kier alpha value is -1.66. The Labute approximate surface area is 139 Å². The molecule has 0 spiro atoms. The summed E-state index contributed by atoms with van der Waals surface area (Å²) in [5.41, 5.74) is 1.88. The first-order chi connectivity index (χ1) is 11.2. The van der Waals surface area contributed by atoms with Crippen molar-refractivity contribution in [3.63, 3.8) is 0 Å². The molecule has 0 aliphatic carbocycles. The molecule has 0 N–H and O–H groups in total. The number of benzene rings is 1. The van der Waals surface area contributed by atoms with E-state index in [1.165, 1.54) is 0 Å². The van der Waals surface area contributed by atoms with Gasteiger partial charge < -0.3 is 4.74 Å². The minimum Gasteiger partial charge on any atom is -0.381 e. The van der Waals surface area contributed by atoms with Gasteiger partial charge in [0.25, 0.3) is 0 Å². The lowest BCUT2D eigenvalue weighted by Crippen LogP contribution is -2.23. The summed E-state index contributed by atoms with van der Waals surface area (Å²) in [6.45, 7) is 5.96. The van der Waals surface area contributed by atoms with Gasteiger partial charge in [-0.3, -0.25) is 0 Å². The first kappa shape index (κ1) is 14.9. The average Bonchev–Trinajstić information content (AvgIpc) is 2.98. The normalized spacial score (nSPS) is 17.8. The summed E-state index contributed by atoms with van der Waals surface area (Å²) >= 11 is 1.80. The molecule has 0 bridgehead atoms. The molecule has 4 rings (SSSR count). The van der Waals surface area contributed by atoms with E-state index in [0.717, 1.165) is 53.6 Å². The van der Waals surface area contributed by atoms with Crippen LogP contribution in [-0.4, -0.2) is 38.0 Å². The number of rotatable bonds is 3. The van der Waals surface area contributed by atoms with Gasteiger partial charge in [-0.2, -0.15) is 4.52 Å². The molecule has 0 radical (unpaired) electrons. The molecule has 3 heterocycles. The highest BCUT2D eigenvalue weighted by Crippen LogP contribution is 2.33. The van der Waals surface area contributed by atoms with Gasteiger partial charge in [0.05, 0.1) is 5.52 Å². The van der Waals surface area contributed by atoms with Crippen molar-refractivity contribution in [2.75, 3.05) is 13.2 Å². The predicted molar refractivity (Wildman–Crippen MR) is 91.9 cm³/mol. The molecule has 3 aromatic rings. The van der Waals surface area contributed by atoms with Crippen LogP contribution in [0.5, 0.6) is 0 Å². The molecule has 0 amide bonds. The first-order valence-electron chi connectivity index (χ1n) is 8.09. The van der Waals surface area contributed by atoms with Crippen molar-refractivity contribution in [1.82, 2.24) is 19.6 Å². The van der Waals surface area contributed by atoms with Crippen LogP contribution in [0.1, 0.15) is 25.6 Å². The molecular formula is C17H20N4OS. The highest BCUT2D eigenvalue weighted by molar-refractivity contribution is 7.99. The number of para-hydroxylation sites is 1. The van der Waals surface area contributed by atoms with Crippen molar-refractivity contribution in [3.8, 4) is 0 Å². The van der Waals surface area contributed by atoms with Crippen molar-refractivity contribution < 1.29 is 4.74 Å². The summed E-state index contributed by atoms with van der Waals surface area (Å²) in [6.07, 6.45) is 2.25. The number of ether oxygens (including phenoxy) is 1. The van der Waals surface area contributed by atoms with Crippen LogP contribution in [0.3, 0.4) is 0 Å². The number of aromatic nitrogens is 4. The summed E-state index contributed by atoms with van der Waals surface area (Å²) in [6, 6.07) is 8.14. The van der Waals surface area contributed by atoms with Crippen molar-refractivity contribution in [1.29, 1.82) is 0 Å². The molecular weight excluding hydrogens is 308 g/mol. The van der Waals surface area contributed by atoms with Crippen LogP contribution in [0, 0.1) is 12.8 Å². The van der Waals surface area contributed by atoms with Crippen LogP contribution in [0.25, 0.3) is 16.6 Å². The molecule has 1 saturated heterocycles. The molecule has 5 nitrogen and oxygen atoms in total. The predicted octanol–water partition coefficient (Wildman–Crippen LogP) is 3.49. The van der Waals surface area contributed by atoms with Crippen LogP contribution < -0.4 is 0 Å². The third-order valence-electron chi connectivity index (χ3n) is 4.48. The van der Waals surface area contributed by atoms with Crippen LogP contribution in [0.15, 0.2) is 29.4 Å². The van der Waals surface area contributed by atoms with Gasteiger partial charge in [-0.15, -0.1) is 5.10 Å². The summed E-state index contributed by atoms with van der Waals surface area (Å²) in [5.74, 6) is 1.45. The topological polar surface area (TPSA) is 52.3 Å². The number of hydrogen-bond acceptors (Lipinski definition) is 5. The Morgan fingerprint density at radius 1 is 1.22 bits per heavy atom. The number of nitrogens with zero attached hydrogens (tertiary/aromatic N) is 4. The van der Waals surface area contributed by atoms with Gasteiger partial charge in [0, 0.05) is 23.8 Å². The van der Waals surface area contributed by atoms with Crippen molar-refractivity contribution in [2.24, 2.45) is 5.92 Å². The van der Waals surface area contributed by atoms with E-state index in [1.54, 1.807) is 11.8 Å². The van der Waals surface area contributed by atoms with Gasteiger partial charge in [-0.05, 0) is 37.8 Å². The molecule has 6 heteroatoms. The Kier molecular flexibility index (Phi) is 3.95. The number of aryl methyl sites for hydroxylation is 1. The number of fused-ring (bicyclic) bond motifs is 3. The fraction of sp³-hybridized carbons (Fsp3) is 0.471. The van der Waals surface area contributed by atoms with Crippen molar-refractivity contribution >= 4 is 28.3 Å². The maximum atomic E-state index is 5.48. The molecule has 0 saturated carbocycles. The lowest BCUT2D eigenvalue weighted by atomic mass is 9.97. The van der Waals surface area contributed by atoms with E-state index in [2.05, 4.69) is 23.1 Å². The molecule has 1 aromatic carbocycles. The molecule has 120 valence electrons. The second kappa shape index (κ2) is 6.09. The van der Waals surface area contributed by atoms with Crippen LogP contribution >= 0.6 is 11.8 Å².